The molecule has 3 atom stereocenters. The lowest BCUT2D eigenvalue weighted by Gasteiger charge is -2.30. The largest absolute Gasteiger partial charge is 0.573 e. The highest BCUT2D eigenvalue weighted by Crippen LogP contribution is 2.46. The van der Waals surface area contributed by atoms with Gasteiger partial charge in [0.05, 0.1) is 6.54 Å². The minimum absolute atomic E-state index is 0.0158. The lowest BCUT2D eigenvalue weighted by molar-refractivity contribution is -0.274. The van der Waals surface area contributed by atoms with Gasteiger partial charge in [0.2, 0.25) is 11.8 Å². The van der Waals surface area contributed by atoms with E-state index in [0.717, 1.165) is 12.1 Å². The molecule has 186 valence electrons. The highest BCUT2D eigenvalue weighted by molar-refractivity contribution is 6.32. The molecule has 8 nitrogen and oxygen atoms in total. The van der Waals surface area contributed by atoms with Crippen LogP contribution in [0, 0.1) is 0 Å². The number of aromatic nitrogens is 1. The number of pyridine rings is 1. The fraction of sp³-hybridized carbons (Fsp3) is 0.364. The molecule has 0 bridgehead atoms. The number of benzene rings is 1. The molecule has 2 aliphatic heterocycles. The number of ketones is 1. The summed E-state index contributed by atoms with van der Waals surface area (Å²) in [6.45, 7) is -0.197. The Hall–Kier alpha value is -2.89. The van der Waals surface area contributed by atoms with Crippen molar-refractivity contribution in [3.8, 4) is 5.75 Å². The summed E-state index contributed by atoms with van der Waals surface area (Å²) in [5, 5.41) is 2.74. The Morgan fingerprint density at radius 1 is 1.20 bits per heavy atom. The van der Waals surface area contributed by atoms with Crippen molar-refractivity contribution < 1.29 is 32.3 Å². The Bertz CT molecular complexity index is 1160. The van der Waals surface area contributed by atoms with Crippen molar-refractivity contribution in [3.63, 3.8) is 0 Å². The first-order chi connectivity index (χ1) is 16.4. The number of hydrogen-bond donors (Lipinski definition) is 2. The predicted octanol–water partition coefficient (Wildman–Crippen LogP) is 2.61. The molecule has 0 aliphatic carbocycles. The van der Waals surface area contributed by atoms with E-state index < -0.39 is 47.2 Å². The molecule has 3 heterocycles. The summed E-state index contributed by atoms with van der Waals surface area (Å²) in [7, 11) is 0. The Balaban J connectivity index is 1.68. The molecule has 2 fully saturated rings. The summed E-state index contributed by atoms with van der Waals surface area (Å²) >= 11 is 12.0. The quantitative estimate of drug-likeness (QED) is 0.438. The molecular formula is C22H19Cl2F3N4O4. The van der Waals surface area contributed by atoms with E-state index in [0.29, 0.717) is 5.56 Å². The summed E-state index contributed by atoms with van der Waals surface area (Å²) in [5.74, 6) is -2.96. The molecule has 1 aromatic carbocycles. The van der Waals surface area contributed by atoms with Crippen LogP contribution in [0.3, 0.4) is 0 Å². The third-order valence-electron chi connectivity index (χ3n) is 6.06. The van der Waals surface area contributed by atoms with E-state index >= 15 is 0 Å². The van der Waals surface area contributed by atoms with E-state index in [2.05, 4.69) is 15.0 Å². The molecule has 2 aromatic rings. The minimum atomic E-state index is -4.84. The molecule has 1 aromatic heterocycles. The highest BCUT2D eigenvalue weighted by Gasteiger charge is 2.62. The number of amides is 2. The van der Waals surface area contributed by atoms with Crippen LogP contribution in [-0.2, 0) is 20.8 Å². The maximum absolute atomic E-state index is 13.8. The van der Waals surface area contributed by atoms with Gasteiger partial charge in [0.25, 0.3) is 0 Å². The third-order valence-corrected chi connectivity index (χ3v) is 6.45. The standard InChI is InChI=1S/C22H19Cl2F3N4O4/c23-15-5-12(6-16(24)30-15)18-19(33)21(7-11-1-3-14(4-2-11)35-22(25,26)27)8-13(29-17(32)9-28)10-31(21)20(18)34/h1-6,13,18H,7-10,28H2,(H,29,32)/t13-,18?,21+/m0/s1. The van der Waals surface area contributed by atoms with E-state index in [-0.39, 0.29) is 41.8 Å². The number of nitrogens with one attached hydrogen (secondary N) is 1. The number of ether oxygens (including phenoxy) is 1. The SMILES string of the molecule is NCC(=O)N[C@@H]1CN2C(=O)C(c3cc(Cl)nc(Cl)c3)C(=O)[C@@]2(Cc2ccc(OC(F)(F)F)cc2)C1. The van der Waals surface area contributed by atoms with Gasteiger partial charge in [-0.3, -0.25) is 14.4 Å². The molecule has 2 amide bonds. The molecular weight excluding hydrogens is 512 g/mol. The second-order valence-electron chi connectivity index (χ2n) is 8.36. The molecule has 0 spiro atoms. The normalized spacial score (nSPS) is 24.0. The lowest BCUT2D eigenvalue weighted by Crippen LogP contribution is -2.46. The van der Waals surface area contributed by atoms with Gasteiger partial charge in [-0.05, 0) is 35.4 Å². The number of Topliss-reactive ketones (excluding diaryl/α,β-unsaturated/α-hetero) is 1. The second kappa shape index (κ2) is 9.29. The van der Waals surface area contributed by atoms with Crippen LogP contribution in [0.1, 0.15) is 23.5 Å². The van der Waals surface area contributed by atoms with E-state index in [9.17, 15) is 27.6 Å². The van der Waals surface area contributed by atoms with Crippen LogP contribution in [0.2, 0.25) is 10.3 Å². The van der Waals surface area contributed by atoms with Crippen LogP contribution >= 0.6 is 23.2 Å². The van der Waals surface area contributed by atoms with Crippen molar-refractivity contribution in [2.45, 2.75) is 36.7 Å². The van der Waals surface area contributed by atoms with Crippen molar-refractivity contribution >= 4 is 40.8 Å². The van der Waals surface area contributed by atoms with Crippen LogP contribution in [-0.4, -0.2) is 58.5 Å². The maximum Gasteiger partial charge on any atom is 0.573 e. The Morgan fingerprint density at radius 3 is 2.40 bits per heavy atom. The van der Waals surface area contributed by atoms with Crippen molar-refractivity contribution in [2.24, 2.45) is 5.73 Å². The van der Waals surface area contributed by atoms with Crippen LogP contribution in [0.4, 0.5) is 13.2 Å². The summed E-state index contributed by atoms with van der Waals surface area (Å²) in [6, 6.07) is 7.30. The van der Waals surface area contributed by atoms with Crippen molar-refractivity contribution in [3.05, 3.63) is 57.8 Å². The van der Waals surface area contributed by atoms with Gasteiger partial charge in [-0.25, -0.2) is 4.98 Å². The average molecular weight is 531 g/mol. The monoisotopic (exact) mass is 530 g/mol. The van der Waals surface area contributed by atoms with Crippen molar-refractivity contribution in [1.82, 2.24) is 15.2 Å². The number of carbonyl (C=O) groups excluding carboxylic acids is 3. The van der Waals surface area contributed by atoms with Gasteiger partial charge in [0.15, 0.2) is 5.78 Å². The van der Waals surface area contributed by atoms with Crippen LogP contribution in [0.25, 0.3) is 0 Å². The first-order valence-electron chi connectivity index (χ1n) is 10.4. The summed E-state index contributed by atoms with van der Waals surface area (Å²) in [4.78, 5) is 44.4. The first kappa shape index (κ1) is 25.2. The average Bonchev–Trinajstić information content (AvgIpc) is 3.20. The number of nitrogens with zero attached hydrogens (tertiary/aromatic N) is 2. The van der Waals surface area contributed by atoms with Crippen LogP contribution in [0.15, 0.2) is 36.4 Å². The molecule has 0 saturated carbocycles. The molecule has 3 N–H and O–H groups in total. The zero-order chi connectivity index (χ0) is 25.5. The van der Waals surface area contributed by atoms with Gasteiger partial charge in [-0.1, -0.05) is 35.3 Å². The maximum atomic E-state index is 13.8. The molecule has 35 heavy (non-hydrogen) atoms. The zero-order valence-corrected chi connectivity index (χ0v) is 19.5. The third kappa shape index (κ3) is 5.07. The Labute approximate surface area is 207 Å². The van der Waals surface area contributed by atoms with Gasteiger partial charge in [0, 0.05) is 25.4 Å². The topological polar surface area (TPSA) is 115 Å². The van der Waals surface area contributed by atoms with Gasteiger partial charge in [-0.15, -0.1) is 13.2 Å². The lowest BCUT2D eigenvalue weighted by atomic mass is 9.80. The number of alkyl halides is 3. The second-order valence-corrected chi connectivity index (χ2v) is 9.14. The number of halogens is 5. The smallest absolute Gasteiger partial charge is 0.406 e. The number of hydrogen-bond acceptors (Lipinski definition) is 6. The van der Waals surface area contributed by atoms with E-state index in [4.69, 9.17) is 28.9 Å². The van der Waals surface area contributed by atoms with Crippen LogP contribution in [0.5, 0.6) is 5.75 Å². The molecule has 0 radical (unpaired) electrons. The summed E-state index contributed by atoms with van der Waals surface area (Å²) in [5.41, 5.74) is 4.82. The van der Waals surface area contributed by atoms with E-state index in [1.807, 2.05) is 0 Å². The van der Waals surface area contributed by atoms with Gasteiger partial charge < -0.3 is 20.7 Å². The van der Waals surface area contributed by atoms with E-state index in [1.165, 1.54) is 29.2 Å². The van der Waals surface area contributed by atoms with Crippen molar-refractivity contribution in [2.75, 3.05) is 13.1 Å². The number of nitrogens with two attached hydrogens (primary N) is 1. The van der Waals surface area contributed by atoms with Crippen LogP contribution < -0.4 is 15.8 Å². The summed E-state index contributed by atoms with van der Waals surface area (Å²) < 4.78 is 41.4. The molecule has 2 aliphatic rings. The Kier molecular flexibility index (Phi) is 6.69. The Morgan fingerprint density at radius 2 is 1.83 bits per heavy atom. The molecule has 4 rings (SSSR count). The summed E-state index contributed by atoms with van der Waals surface area (Å²) in [6.07, 6.45) is -4.72. The first-order valence-corrected chi connectivity index (χ1v) is 11.2. The van der Waals surface area contributed by atoms with Gasteiger partial charge in [-0.2, -0.15) is 0 Å². The van der Waals surface area contributed by atoms with Gasteiger partial charge in [0.1, 0.15) is 27.5 Å². The molecule has 1 unspecified atom stereocenters. The predicted molar refractivity (Wildman–Crippen MR) is 119 cm³/mol. The minimum Gasteiger partial charge on any atom is -0.406 e. The van der Waals surface area contributed by atoms with Crippen molar-refractivity contribution in [1.29, 1.82) is 0 Å². The van der Waals surface area contributed by atoms with E-state index in [1.54, 1.807) is 0 Å². The fourth-order valence-electron chi connectivity index (χ4n) is 4.78. The zero-order valence-electron chi connectivity index (χ0n) is 17.9. The number of carbonyl (C=O) groups is 3. The van der Waals surface area contributed by atoms with Gasteiger partial charge >= 0.3 is 6.36 Å². The molecule has 13 heteroatoms. The number of rotatable bonds is 6. The fourth-order valence-corrected chi connectivity index (χ4v) is 5.25. The number of fused-ring (bicyclic) bond motifs is 1. The molecule has 2 saturated heterocycles. The highest BCUT2D eigenvalue weighted by atomic mass is 35.5.